The molecule has 0 aliphatic carbocycles. The zero-order valence-corrected chi connectivity index (χ0v) is 13.9. The summed E-state index contributed by atoms with van der Waals surface area (Å²) in [6, 6.07) is 0. The van der Waals surface area contributed by atoms with Gasteiger partial charge in [0.1, 0.15) is 0 Å². The van der Waals surface area contributed by atoms with E-state index in [0.29, 0.717) is 19.5 Å². The minimum absolute atomic E-state index is 0.202. The summed E-state index contributed by atoms with van der Waals surface area (Å²) < 4.78 is 5.89. The second kappa shape index (κ2) is 6.64. The molecule has 122 valence electrons. The number of aliphatic hydroxyl groups is 1. The van der Waals surface area contributed by atoms with Crippen LogP contribution < -0.4 is 0 Å². The molecule has 2 saturated heterocycles. The van der Waals surface area contributed by atoms with Gasteiger partial charge in [-0.2, -0.15) is 0 Å². The molecule has 6 heteroatoms. The smallest absolute Gasteiger partial charge is 0.222 e. The molecule has 1 N–H and O–H groups in total. The van der Waals surface area contributed by atoms with E-state index in [2.05, 4.69) is 4.98 Å². The van der Waals surface area contributed by atoms with Gasteiger partial charge in [0.25, 0.3) is 0 Å². The first-order chi connectivity index (χ1) is 10.6. The lowest BCUT2D eigenvalue weighted by Gasteiger charge is -2.46. The van der Waals surface area contributed by atoms with Crippen LogP contribution in [0.3, 0.4) is 0 Å². The fraction of sp³-hybridized carbons (Fsp3) is 0.750. The Labute approximate surface area is 135 Å². The Morgan fingerprint density at radius 3 is 2.95 bits per heavy atom. The molecule has 2 aliphatic rings. The lowest BCUT2D eigenvalue weighted by atomic mass is 9.82. The number of piperidine rings is 1. The van der Waals surface area contributed by atoms with Gasteiger partial charge in [-0.05, 0) is 39.0 Å². The molecular formula is C16H24N2O3S. The molecule has 1 amide bonds. The van der Waals surface area contributed by atoms with Gasteiger partial charge in [-0.1, -0.05) is 0 Å². The number of rotatable bonds is 3. The van der Waals surface area contributed by atoms with Gasteiger partial charge in [-0.3, -0.25) is 4.79 Å². The normalized spacial score (nSPS) is 24.6. The number of likely N-dealkylation sites (tertiary alicyclic amines) is 1. The Hall–Kier alpha value is -0.980. The maximum absolute atomic E-state index is 12.4. The van der Waals surface area contributed by atoms with Crippen LogP contribution in [0.15, 0.2) is 5.51 Å². The lowest BCUT2D eigenvalue weighted by Crippen LogP contribution is -2.56. The molecule has 3 heterocycles. The van der Waals surface area contributed by atoms with Crippen LogP contribution in [-0.4, -0.2) is 52.3 Å². The van der Waals surface area contributed by atoms with Crippen molar-refractivity contribution in [1.82, 2.24) is 9.88 Å². The number of carbonyl (C=O) groups excluding carboxylic acids is 1. The molecule has 0 bridgehead atoms. The predicted molar refractivity (Wildman–Crippen MR) is 84.9 cm³/mol. The van der Waals surface area contributed by atoms with Crippen LogP contribution in [0.5, 0.6) is 0 Å². The SMILES string of the molecule is Cc1ncsc1CCC(=O)N1CCC2(CC1)OCCCC2O. The topological polar surface area (TPSA) is 62.7 Å². The van der Waals surface area contributed by atoms with Crippen LogP contribution in [0.4, 0.5) is 0 Å². The first-order valence-corrected chi connectivity index (χ1v) is 8.97. The van der Waals surface area contributed by atoms with E-state index >= 15 is 0 Å². The number of hydrogen-bond donors (Lipinski definition) is 1. The molecule has 2 fully saturated rings. The van der Waals surface area contributed by atoms with Crippen LogP contribution >= 0.6 is 11.3 Å². The fourth-order valence-electron chi connectivity index (χ4n) is 3.47. The summed E-state index contributed by atoms with van der Waals surface area (Å²) in [6.07, 6.45) is 4.19. The van der Waals surface area contributed by atoms with E-state index < -0.39 is 5.60 Å². The van der Waals surface area contributed by atoms with Crippen molar-refractivity contribution in [2.24, 2.45) is 0 Å². The van der Waals surface area contributed by atoms with Crippen molar-refractivity contribution in [2.75, 3.05) is 19.7 Å². The molecule has 1 unspecified atom stereocenters. The quantitative estimate of drug-likeness (QED) is 0.923. The molecule has 22 heavy (non-hydrogen) atoms. The summed E-state index contributed by atoms with van der Waals surface area (Å²) >= 11 is 1.62. The van der Waals surface area contributed by atoms with E-state index in [0.717, 1.165) is 44.4 Å². The Kier molecular flexibility index (Phi) is 4.80. The number of aliphatic hydroxyl groups excluding tert-OH is 1. The van der Waals surface area contributed by atoms with Crippen molar-refractivity contribution >= 4 is 17.2 Å². The van der Waals surface area contributed by atoms with Gasteiger partial charge >= 0.3 is 0 Å². The summed E-state index contributed by atoms with van der Waals surface area (Å²) in [5, 5.41) is 10.2. The summed E-state index contributed by atoms with van der Waals surface area (Å²) in [5.41, 5.74) is 2.47. The molecule has 1 aromatic rings. The Balaban J connectivity index is 1.50. The highest BCUT2D eigenvalue weighted by atomic mass is 32.1. The maximum Gasteiger partial charge on any atom is 0.222 e. The number of thiazole rings is 1. The van der Waals surface area contributed by atoms with Gasteiger partial charge in [-0.25, -0.2) is 4.98 Å². The van der Waals surface area contributed by atoms with Crippen molar-refractivity contribution < 1.29 is 14.6 Å². The number of aromatic nitrogens is 1. The third kappa shape index (κ3) is 3.19. The van der Waals surface area contributed by atoms with E-state index in [4.69, 9.17) is 4.74 Å². The van der Waals surface area contributed by atoms with E-state index in [1.54, 1.807) is 11.3 Å². The highest BCUT2D eigenvalue weighted by Crippen LogP contribution is 2.35. The lowest BCUT2D eigenvalue weighted by molar-refractivity contribution is -0.179. The van der Waals surface area contributed by atoms with Crippen molar-refractivity contribution in [1.29, 1.82) is 0 Å². The van der Waals surface area contributed by atoms with Gasteiger partial charge in [0, 0.05) is 31.0 Å². The standard InChI is InChI=1S/C16H24N2O3S/c1-12-13(22-11-17-12)4-5-15(20)18-8-6-16(7-9-18)14(19)3-2-10-21-16/h11,14,19H,2-10H2,1H3. The van der Waals surface area contributed by atoms with Gasteiger partial charge in [-0.15, -0.1) is 11.3 Å². The Morgan fingerprint density at radius 1 is 1.55 bits per heavy atom. The summed E-state index contributed by atoms with van der Waals surface area (Å²) in [7, 11) is 0. The third-order valence-electron chi connectivity index (χ3n) is 4.99. The molecule has 2 aliphatic heterocycles. The van der Waals surface area contributed by atoms with E-state index in [9.17, 15) is 9.90 Å². The highest BCUT2D eigenvalue weighted by molar-refractivity contribution is 7.09. The third-order valence-corrected chi connectivity index (χ3v) is 5.99. The van der Waals surface area contributed by atoms with E-state index in [-0.39, 0.29) is 12.0 Å². The van der Waals surface area contributed by atoms with Crippen LogP contribution in [0.1, 0.15) is 42.7 Å². The van der Waals surface area contributed by atoms with Crippen LogP contribution in [-0.2, 0) is 16.0 Å². The minimum atomic E-state index is -0.400. The highest BCUT2D eigenvalue weighted by Gasteiger charge is 2.44. The molecule has 1 aromatic heterocycles. The number of amides is 1. The Bertz CT molecular complexity index is 523. The summed E-state index contributed by atoms with van der Waals surface area (Å²) in [4.78, 5) is 19.7. The first-order valence-electron chi connectivity index (χ1n) is 8.09. The monoisotopic (exact) mass is 324 g/mol. The fourth-order valence-corrected chi connectivity index (χ4v) is 4.25. The van der Waals surface area contributed by atoms with Crippen LogP contribution in [0, 0.1) is 6.92 Å². The first kappa shape index (κ1) is 15.9. The zero-order valence-electron chi connectivity index (χ0n) is 13.1. The number of carbonyl (C=O) groups is 1. The number of nitrogens with zero attached hydrogens (tertiary/aromatic N) is 2. The number of aryl methyl sites for hydroxylation is 2. The van der Waals surface area contributed by atoms with Crippen molar-refractivity contribution in [3.8, 4) is 0 Å². The van der Waals surface area contributed by atoms with Gasteiger partial charge in [0.2, 0.25) is 5.91 Å². The molecule has 0 aromatic carbocycles. The summed E-state index contributed by atoms with van der Waals surface area (Å²) in [6.45, 7) is 4.10. The van der Waals surface area contributed by atoms with E-state index in [1.165, 1.54) is 4.88 Å². The van der Waals surface area contributed by atoms with Gasteiger partial charge < -0.3 is 14.7 Å². The molecule has 0 saturated carbocycles. The molecule has 0 radical (unpaired) electrons. The number of hydrogen-bond acceptors (Lipinski definition) is 5. The van der Waals surface area contributed by atoms with Gasteiger partial charge in [0.05, 0.1) is 22.9 Å². The molecule has 5 nitrogen and oxygen atoms in total. The molecule has 1 spiro atoms. The second-order valence-corrected chi connectivity index (χ2v) is 7.25. The Morgan fingerprint density at radius 2 is 2.32 bits per heavy atom. The van der Waals surface area contributed by atoms with Crippen molar-refractivity contribution in [3.63, 3.8) is 0 Å². The maximum atomic E-state index is 12.4. The second-order valence-electron chi connectivity index (χ2n) is 6.31. The minimum Gasteiger partial charge on any atom is -0.390 e. The predicted octanol–water partition coefficient (Wildman–Crippen LogP) is 1.92. The van der Waals surface area contributed by atoms with Crippen LogP contribution in [0.25, 0.3) is 0 Å². The van der Waals surface area contributed by atoms with Crippen molar-refractivity contribution in [2.45, 2.75) is 57.2 Å². The zero-order chi connectivity index (χ0) is 15.6. The average molecular weight is 324 g/mol. The molecular weight excluding hydrogens is 300 g/mol. The molecule has 1 atom stereocenters. The molecule has 3 rings (SSSR count). The largest absolute Gasteiger partial charge is 0.390 e. The van der Waals surface area contributed by atoms with Gasteiger partial charge in [0.15, 0.2) is 0 Å². The van der Waals surface area contributed by atoms with Crippen molar-refractivity contribution in [3.05, 3.63) is 16.1 Å². The van der Waals surface area contributed by atoms with E-state index in [1.807, 2.05) is 17.3 Å². The summed E-state index contributed by atoms with van der Waals surface area (Å²) in [5.74, 6) is 0.202. The number of ether oxygens (including phenoxy) is 1. The average Bonchev–Trinajstić information content (AvgIpc) is 2.94. The van der Waals surface area contributed by atoms with Crippen LogP contribution in [0.2, 0.25) is 0 Å².